The minimum absolute atomic E-state index is 0.163. The van der Waals surface area contributed by atoms with Crippen molar-refractivity contribution in [1.29, 1.82) is 0 Å². The van der Waals surface area contributed by atoms with E-state index in [1.165, 1.54) is 11.0 Å². The standard InChI is InChI=1S/C16H14BNO2/c1-11-14-10-19-17(2)15(14)8-9-16(11)20-13-6-4-12(18-3)5-7-13/h4-9H,10H2,1-2H3. The van der Waals surface area contributed by atoms with Crippen LogP contribution in [0.4, 0.5) is 5.69 Å². The summed E-state index contributed by atoms with van der Waals surface area (Å²) < 4.78 is 11.6. The van der Waals surface area contributed by atoms with Gasteiger partial charge in [0, 0.05) is 0 Å². The van der Waals surface area contributed by atoms with Gasteiger partial charge in [0.15, 0.2) is 5.69 Å². The van der Waals surface area contributed by atoms with Crippen LogP contribution in [0.15, 0.2) is 36.4 Å². The smallest absolute Gasteiger partial charge is 0.324 e. The second-order valence-electron chi connectivity index (χ2n) is 4.92. The summed E-state index contributed by atoms with van der Waals surface area (Å²) in [5.74, 6) is 1.59. The van der Waals surface area contributed by atoms with Crippen LogP contribution in [0.3, 0.4) is 0 Å². The fourth-order valence-electron chi connectivity index (χ4n) is 2.45. The van der Waals surface area contributed by atoms with E-state index in [0.717, 1.165) is 17.1 Å². The third kappa shape index (κ3) is 2.17. The maximum atomic E-state index is 6.94. The Morgan fingerprint density at radius 2 is 1.95 bits per heavy atom. The highest BCUT2D eigenvalue weighted by atomic mass is 16.5. The highest BCUT2D eigenvalue weighted by Gasteiger charge is 2.25. The molecule has 0 radical (unpaired) electrons. The van der Waals surface area contributed by atoms with Crippen molar-refractivity contribution < 1.29 is 9.39 Å². The van der Waals surface area contributed by atoms with Gasteiger partial charge < -0.3 is 9.39 Å². The molecule has 1 aliphatic rings. The number of hydrogen-bond donors (Lipinski definition) is 0. The highest BCUT2D eigenvalue weighted by Crippen LogP contribution is 2.29. The Morgan fingerprint density at radius 3 is 2.65 bits per heavy atom. The quantitative estimate of drug-likeness (QED) is 0.609. The maximum Gasteiger partial charge on any atom is 0.324 e. The molecule has 0 amide bonds. The summed E-state index contributed by atoms with van der Waals surface area (Å²) in [7, 11) is 0. The third-order valence-electron chi connectivity index (χ3n) is 3.69. The van der Waals surface area contributed by atoms with Gasteiger partial charge in [0.2, 0.25) is 0 Å². The molecule has 0 aromatic heterocycles. The van der Waals surface area contributed by atoms with E-state index >= 15 is 0 Å². The van der Waals surface area contributed by atoms with Crippen molar-refractivity contribution in [3.05, 3.63) is 58.9 Å². The van der Waals surface area contributed by atoms with Crippen LogP contribution in [-0.2, 0) is 11.3 Å². The van der Waals surface area contributed by atoms with Gasteiger partial charge in [-0.3, -0.25) is 0 Å². The van der Waals surface area contributed by atoms with Crippen LogP contribution in [0.1, 0.15) is 11.1 Å². The normalized spacial score (nSPS) is 12.9. The molecule has 0 fully saturated rings. The Balaban J connectivity index is 1.90. The van der Waals surface area contributed by atoms with Gasteiger partial charge in [-0.05, 0) is 41.7 Å². The Hall–Kier alpha value is -2.25. The lowest BCUT2D eigenvalue weighted by Crippen LogP contribution is -2.24. The van der Waals surface area contributed by atoms with Gasteiger partial charge in [-0.25, -0.2) is 4.85 Å². The van der Waals surface area contributed by atoms with Gasteiger partial charge in [-0.15, -0.1) is 0 Å². The maximum absolute atomic E-state index is 6.94. The molecule has 4 heteroatoms. The SMILES string of the molecule is [C-]#[N+]c1ccc(Oc2ccc3c(c2C)COB3C)cc1. The zero-order chi connectivity index (χ0) is 14.1. The molecule has 0 N–H and O–H groups in total. The van der Waals surface area contributed by atoms with E-state index in [9.17, 15) is 0 Å². The molecule has 0 spiro atoms. The molecular formula is C16H14BNO2. The molecule has 3 nitrogen and oxygen atoms in total. The van der Waals surface area contributed by atoms with Crippen molar-refractivity contribution in [2.75, 3.05) is 0 Å². The predicted octanol–water partition coefficient (Wildman–Crippen LogP) is 3.70. The molecule has 0 unspecified atom stereocenters. The average molecular weight is 263 g/mol. The molecule has 0 saturated heterocycles. The molecule has 98 valence electrons. The molecule has 20 heavy (non-hydrogen) atoms. The van der Waals surface area contributed by atoms with E-state index in [2.05, 4.69) is 24.7 Å². The van der Waals surface area contributed by atoms with Crippen LogP contribution in [0.25, 0.3) is 4.85 Å². The number of hydrogen-bond acceptors (Lipinski definition) is 2. The largest absolute Gasteiger partial charge is 0.457 e. The summed E-state index contributed by atoms with van der Waals surface area (Å²) in [6, 6.07) is 11.2. The van der Waals surface area contributed by atoms with E-state index in [-0.39, 0.29) is 6.92 Å². The topological polar surface area (TPSA) is 22.8 Å². The van der Waals surface area contributed by atoms with E-state index in [0.29, 0.717) is 12.3 Å². The summed E-state index contributed by atoms with van der Waals surface area (Å²) in [6.07, 6.45) is 0. The first-order valence-electron chi connectivity index (χ1n) is 6.58. The lowest BCUT2D eigenvalue weighted by atomic mass is 9.64. The molecule has 2 aromatic carbocycles. The third-order valence-corrected chi connectivity index (χ3v) is 3.69. The van der Waals surface area contributed by atoms with Crippen molar-refractivity contribution in [2.45, 2.75) is 20.4 Å². The molecule has 0 atom stereocenters. The van der Waals surface area contributed by atoms with Gasteiger partial charge in [0.05, 0.1) is 13.2 Å². The number of nitrogens with zero attached hydrogens (tertiary/aromatic N) is 1. The van der Waals surface area contributed by atoms with Gasteiger partial charge in [-0.2, -0.15) is 0 Å². The second kappa shape index (κ2) is 5.03. The molecule has 1 aliphatic heterocycles. The molecule has 0 saturated carbocycles. The second-order valence-corrected chi connectivity index (χ2v) is 4.92. The van der Waals surface area contributed by atoms with Gasteiger partial charge in [0.1, 0.15) is 11.5 Å². The monoisotopic (exact) mass is 263 g/mol. The van der Waals surface area contributed by atoms with Crippen LogP contribution < -0.4 is 10.2 Å². The number of ether oxygens (including phenoxy) is 1. The molecule has 0 bridgehead atoms. The van der Waals surface area contributed by atoms with Crippen molar-refractivity contribution in [1.82, 2.24) is 0 Å². The number of fused-ring (bicyclic) bond motifs is 1. The Labute approximate surface area is 119 Å². The first-order chi connectivity index (χ1) is 9.69. The minimum atomic E-state index is 0.163. The fourth-order valence-corrected chi connectivity index (χ4v) is 2.45. The van der Waals surface area contributed by atoms with Crippen molar-refractivity contribution in [3.63, 3.8) is 0 Å². The Morgan fingerprint density at radius 1 is 1.20 bits per heavy atom. The van der Waals surface area contributed by atoms with E-state index < -0.39 is 0 Å². The molecule has 2 aromatic rings. The summed E-state index contributed by atoms with van der Waals surface area (Å²) in [5, 5.41) is 0. The lowest BCUT2D eigenvalue weighted by molar-refractivity contribution is 0.332. The zero-order valence-electron chi connectivity index (χ0n) is 11.5. The van der Waals surface area contributed by atoms with Crippen LogP contribution in [-0.4, -0.2) is 6.92 Å². The first kappa shape index (κ1) is 12.8. The molecular weight excluding hydrogens is 249 g/mol. The Kier molecular flexibility index (Phi) is 3.21. The average Bonchev–Trinajstić information content (AvgIpc) is 2.85. The van der Waals surface area contributed by atoms with Crippen molar-refractivity contribution in [3.8, 4) is 11.5 Å². The molecule has 3 rings (SSSR count). The summed E-state index contributed by atoms with van der Waals surface area (Å²) in [5.41, 5.74) is 4.22. The lowest BCUT2D eigenvalue weighted by Gasteiger charge is -2.12. The van der Waals surface area contributed by atoms with Crippen LogP contribution >= 0.6 is 0 Å². The Bertz CT molecular complexity index is 689. The van der Waals surface area contributed by atoms with Crippen LogP contribution in [0, 0.1) is 13.5 Å². The van der Waals surface area contributed by atoms with E-state index in [4.69, 9.17) is 16.0 Å². The summed E-state index contributed by atoms with van der Waals surface area (Å²) in [4.78, 5) is 3.37. The molecule has 0 aliphatic carbocycles. The first-order valence-corrected chi connectivity index (χ1v) is 6.58. The molecule has 1 heterocycles. The van der Waals surface area contributed by atoms with Gasteiger partial charge in [0.25, 0.3) is 0 Å². The van der Waals surface area contributed by atoms with E-state index in [1.54, 1.807) is 12.1 Å². The summed E-state index contributed by atoms with van der Waals surface area (Å²) in [6.45, 7) is 11.9. The zero-order valence-corrected chi connectivity index (χ0v) is 11.5. The number of benzene rings is 2. The predicted molar refractivity (Wildman–Crippen MR) is 80.0 cm³/mol. The van der Waals surface area contributed by atoms with Crippen molar-refractivity contribution in [2.24, 2.45) is 0 Å². The van der Waals surface area contributed by atoms with Crippen LogP contribution in [0.2, 0.25) is 6.82 Å². The number of rotatable bonds is 2. The van der Waals surface area contributed by atoms with Gasteiger partial charge >= 0.3 is 6.92 Å². The van der Waals surface area contributed by atoms with Crippen molar-refractivity contribution >= 4 is 18.1 Å². The minimum Gasteiger partial charge on any atom is -0.457 e. The highest BCUT2D eigenvalue weighted by molar-refractivity contribution is 6.67. The van der Waals surface area contributed by atoms with E-state index in [1.807, 2.05) is 18.2 Å². The summed E-state index contributed by atoms with van der Waals surface area (Å²) >= 11 is 0. The van der Waals surface area contributed by atoms with Gasteiger partial charge in [-0.1, -0.05) is 25.0 Å². The fraction of sp³-hybridized carbons (Fsp3) is 0.188. The van der Waals surface area contributed by atoms with Crippen LogP contribution in [0.5, 0.6) is 11.5 Å².